The third-order valence-corrected chi connectivity index (χ3v) is 18.6. The zero-order valence-electron chi connectivity index (χ0n) is 38.3. The summed E-state index contributed by atoms with van der Waals surface area (Å²) >= 11 is 0. The molecule has 0 unspecified atom stereocenters. The normalized spacial score (nSPS) is 54.9. The molecular weight excluding hydrogens is 836 g/mol. The van der Waals surface area contributed by atoms with Crippen molar-refractivity contribution in [3.8, 4) is 0 Å². The third-order valence-electron chi connectivity index (χ3n) is 18.6. The van der Waals surface area contributed by atoms with Gasteiger partial charge in [-0.3, -0.25) is 0 Å². The van der Waals surface area contributed by atoms with Gasteiger partial charge in [0.1, 0.15) is 67.1 Å². The number of hydrogen-bond donors (Lipinski definition) is 11. The van der Waals surface area contributed by atoms with E-state index in [1.54, 1.807) is 0 Å². The number of hydrogen-bond acceptors (Lipinski definition) is 17. The van der Waals surface area contributed by atoms with E-state index in [1.807, 2.05) is 6.92 Å². The predicted molar refractivity (Wildman–Crippen MR) is 225 cm³/mol. The van der Waals surface area contributed by atoms with E-state index >= 15 is 0 Å². The molecule has 3 heterocycles. The highest BCUT2D eigenvalue weighted by Gasteiger charge is 2.67. The van der Waals surface area contributed by atoms with Crippen molar-refractivity contribution in [1.29, 1.82) is 0 Å². The number of aliphatic hydroxyl groups is 11. The van der Waals surface area contributed by atoms with Crippen molar-refractivity contribution < 1.29 is 84.6 Å². The minimum atomic E-state index is -1.64. The SMILES string of the molecule is C[C@H](CO[C@@H]1O[C@H](CO)[C@@H](O)[C@@H](O)[C@H]1O)[C@H](C)C[C@]1(O)C[C@@H]2C[C@H]3[C@H]4CC=C5C[C@H](O[C@@H]6O[C@H](CO)[C@@H](O)[C@H](O)[C@H]6O[C@@H]6O[C@H](C)[C@@H](O)[C@@H](O)[C@H]6O)CC[C@@]5(C)[C@H]4CC[C@@]3(C)[C@@H]2[C@@H]1C. The smallest absolute Gasteiger partial charge is 0.187 e. The van der Waals surface area contributed by atoms with Crippen molar-refractivity contribution in [1.82, 2.24) is 0 Å². The van der Waals surface area contributed by atoms with E-state index in [-0.39, 0.29) is 41.3 Å². The molecule has 0 bridgehead atoms. The number of ether oxygens (including phenoxy) is 6. The molecule has 64 heavy (non-hydrogen) atoms. The van der Waals surface area contributed by atoms with Gasteiger partial charge in [0.25, 0.3) is 0 Å². The average Bonchev–Trinajstić information content (AvgIpc) is 3.70. The molecule has 11 N–H and O–H groups in total. The molecule has 8 rings (SSSR count). The summed E-state index contributed by atoms with van der Waals surface area (Å²) in [6, 6.07) is 0. The molecule has 8 aliphatic rings. The van der Waals surface area contributed by atoms with Crippen molar-refractivity contribution in [3.05, 3.63) is 11.6 Å². The van der Waals surface area contributed by atoms with E-state index in [9.17, 15) is 56.2 Å². The van der Waals surface area contributed by atoms with Gasteiger partial charge in [0.15, 0.2) is 18.9 Å². The molecule has 0 aromatic carbocycles. The lowest BCUT2D eigenvalue weighted by Gasteiger charge is -2.59. The van der Waals surface area contributed by atoms with Crippen LogP contribution in [0.25, 0.3) is 0 Å². The first-order valence-electron chi connectivity index (χ1n) is 24.1. The molecule has 4 saturated carbocycles. The molecular formula is C47H78O17. The highest BCUT2D eigenvalue weighted by atomic mass is 16.8. The summed E-state index contributed by atoms with van der Waals surface area (Å²) < 4.78 is 35.6. The fraction of sp³-hybridized carbons (Fsp3) is 0.957. The molecule has 0 amide bonds. The molecule has 27 atom stereocenters. The highest BCUT2D eigenvalue weighted by Crippen LogP contribution is 2.72. The molecule has 5 aliphatic carbocycles. The third kappa shape index (κ3) is 8.49. The monoisotopic (exact) mass is 915 g/mol. The van der Waals surface area contributed by atoms with Crippen molar-refractivity contribution in [2.45, 2.75) is 203 Å². The van der Waals surface area contributed by atoms with E-state index in [1.165, 1.54) is 12.5 Å². The number of aliphatic hydroxyl groups excluding tert-OH is 10. The fourth-order valence-electron chi connectivity index (χ4n) is 14.5. The lowest BCUT2D eigenvalue weighted by molar-refractivity contribution is -0.369. The second-order valence-corrected chi connectivity index (χ2v) is 22.1. The van der Waals surface area contributed by atoms with Crippen LogP contribution in [-0.2, 0) is 28.4 Å². The van der Waals surface area contributed by atoms with Crippen LogP contribution in [0.4, 0.5) is 0 Å². The summed E-state index contributed by atoms with van der Waals surface area (Å²) in [5.74, 6) is 2.56. The molecule has 0 radical (unpaired) electrons. The quantitative estimate of drug-likeness (QED) is 0.116. The standard InChI is InChI=1S/C47H78O17/c1-20(21(2)19-59-42-39(56)37(54)34(51)30(17-48)62-42)15-47(58)16-24-13-29-27-8-7-25-14-26(9-11-45(25,5)28(27)10-12-46(29,6)32(24)22(47)3)61-44-41(38(55)35(52)31(18-49)63-44)64-43-40(57)36(53)33(50)23(4)60-43/h7,20-24,26-44,48-58H,8-19H2,1-6H3/t20-,21-,22+,23-,24+,26-,27+,28+,29+,30-,31-,32-,33-,34-,35-,36-,37-,38+,39-,40-,41-,42-,43+,44-,45-,46-,47+/m1/s1. The van der Waals surface area contributed by atoms with Gasteiger partial charge in [0.2, 0.25) is 0 Å². The van der Waals surface area contributed by atoms with Crippen LogP contribution in [0.3, 0.4) is 0 Å². The molecule has 0 aromatic rings. The number of fused-ring (bicyclic) bond motifs is 7. The summed E-state index contributed by atoms with van der Waals surface area (Å²) in [6.45, 7) is 11.9. The first-order valence-corrected chi connectivity index (χ1v) is 24.1. The van der Waals surface area contributed by atoms with Crippen LogP contribution < -0.4 is 0 Å². The molecule has 7 fully saturated rings. The number of rotatable bonds is 12. The first kappa shape index (κ1) is 49.5. The summed E-state index contributed by atoms with van der Waals surface area (Å²) in [5, 5.41) is 116. The number of allylic oxidation sites excluding steroid dienone is 1. The Labute approximate surface area is 376 Å². The first-order chi connectivity index (χ1) is 30.2. The van der Waals surface area contributed by atoms with Crippen molar-refractivity contribution in [3.63, 3.8) is 0 Å². The Morgan fingerprint density at radius 2 is 1.36 bits per heavy atom. The minimum absolute atomic E-state index is 0.00546. The van der Waals surface area contributed by atoms with Crippen LogP contribution in [0.1, 0.15) is 99.3 Å². The van der Waals surface area contributed by atoms with Crippen LogP contribution >= 0.6 is 0 Å². The second kappa shape index (κ2) is 18.8. The van der Waals surface area contributed by atoms with Gasteiger partial charge in [0.05, 0.1) is 37.6 Å². The summed E-state index contributed by atoms with van der Waals surface area (Å²) in [4.78, 5) is 0. The van der Waals surface area contributed by atoms with Gasteiger partial charge < -0.3 is 84.6 Å². The van der Waals surface area contributed by atoms with Gasteiger partial charge in [-0.15, -0.1) is 0 Å². The van der Waals surface area contributed by atoms with Gasteiger partial charge in [-0.2, -0.15) is 0 Å². The molecule has 3 saturated heterocycles. The van der Waals surface area contributed by atoms with E-state index in [0.717, 1.165) is 38.5 Å². The van der Waals surface area contributed by atoms with Crippen LogP contribution in [0.15, 0.2) is 11.6 Å². The van der Waals surface area contributed by atoms with Gasteiger partial charge in [-0.05, 0) is 123 Å². The average molecular weight is 915 g/mol. The van der Waals surface area contributed by atoms with Gasteiger partial charge in [0, 0.05) is 0 Å². The Hall–Kier alpha value is -0.940. The van der Waals surface area contributed by atoms with Gasteiger partial charge >= 0.3 is 0 Å². The zero-order chi connectivity index (χ0) is 46.4. The van der Waals surface area contributed by atoms with E-state index in [0.29, 0.717) is 48.9 Å². The molecule has 368 valence electrons. The van der Waals surface area contributed by atoms with Crippen LogP contribution in [-0.4, -0.2) is 180 Å². The summed E-state index contributed by atoms with van der Waals surface area (Å²) in [6.07, 6.45) is -10.4. The Kier molecular flexibility index (Phi) is 14.5. The van der Waals surface area contributed by atoms with Crippen LogP contribution in [0.5, 0.6) is 0 Å². The maximum absolute atomic E-state index is 12.4. The van der Waals surface area contributed by atoms with Crippen molar-refractivity contribution in [2.75, 3.05) is 19.8 Å². The van der Waals surface area contributed by atoms with Gasteiger partial charge in [-0.1, -0.05) is 46.3 Å². The lowest BCUT2D eigenvalue weighted by Crippen LogP contribution is -2.64. The molecule has 3 aliphatic heterocycles. The maximum atomic E-state index is 12.4. The van der Waals surface area contributed by atoms with Crippen LogP contribution in [0.2, 0.25) is 0 Å². The predicted octanol–water partition coefficient (Wildman–Crippen LogP) is 0.0781. The zero-order valence-corrected chi connectivity index (χ0v) is 38.3. The molecule has 0 spiro atoms. The Bertz CT molecular complexity index is 1640. The Morgan fingerprint density at radius 1 is 0.719 bits per heavy atom. The molecule has 17 heteroatoms. The minimum Gasteiger partial charge on any atom is -0.394 e. The summed E-state index contributed by atoms with van der Waals surface area (Å²) in [5.41, 5.74) is 0.585. The highest BCUT2D eigenvalue weighted by molar-refractivity contribution is 5.26. The van der Waals surface area contributed by atoms with Gasteiger partial charge in [-0.25, -0.2) is 0 Å². The molecule has 0 aromatic heterocycles. The maximum Gasteiger partial charge on any atom is 0.187 e. The molecule has 17 nitrogen and oxygen atoms in total. The van der Waals surface area contributed by atoms with E-state index in [4.69, 9.17) is 28.4 Å². The van der Waals surface area contributed by atoms with Crippen LogP contribution in [0, 0.1) is 58.2 Å². The Morgan fingerprint density at radius 3 is 2.05 bits per heavy atom. The van der Waals surface area contributed by atoms with E-state index in [2.05, 4.69) is 33.8 Å². The van der Waals surface area contributed by atoms with E-state index < -0.39 is 111 Å². The fourth-order valence-corrected chi connectivity index (χ4v) is 14.5. The second-order valence-electron chi connectivity index (χ2n) is 22.1. The largest absolute Gasteiger partial charge is 0.394 e. The summed E-state index contributed by atoms with van der Waals surface area (Å²) in [7, 11) is 0. The Balaban J connectivity index is 0.895. The van der Waals surface area contributed by atoms with Crippen molar-refractivity contribution in [2.24, 2.45) is 58.2 Å². The topological polar surface area (TPSA) is 278 Å². The van der Waals surface area contributed by atoms with Crippen molar-refractivity contribution >= 4 is 0 Å². The lowest BCUT2D eigenvalue weighted by atomic mass is 9.46.